The number of nitrogens with one attached hydrogen (secondary N) is 1. The molecule has 1 N–H and O–H groups in total. The van der Waals surface area contributed by atoms with Crippen LogP contribution in [0.2, 0.25) is 0 Å². The second-order valence-corrected chi connectivity index (χ2v) is 5.46. The van der Waals surface area contributed by atoms with Crippen molar-refractivity contribution in [3.63, 3.8) is 0 Å². The van der Waals surface area contributed by atoms with Crippen molar-refractivity contribution in [1.29, 1.82) is 0 Å². The van der Waals surface area contributed by atoms with Gasteiger partial charge >= 0.3 is 0 Å². The Morgan fingerprint density at radius 3 is 2.63 bits per heavy atom. The minimum atomic E-state index is -0.387. The summed E-state index contributed by atoms with van der Waals surface area (Å²) in [5.74, 6) is 2.10. The Morgan fingerprint density at radius 1 is 1.42 bits per heavy atom. The van der Waals surface area contributed by atoms with Crippen molar-refractivity contribution in [3.8, 4) is 5.75 Å². The highest BCUT2D eigenvalue weighted by Crippen LogP contribution is 2.38. The molecule has 0 saturated heterocycles. The maximum Gasteiger partial charge on any atom is 0.271 e. The van der Waals surface area contributed by atoms with Crippen LogP contribution in [0.5, 0.6) is 5.75 Å². The van der Waals surface area contributed by atoms with Crippen molar-refractivity contribution >= 4 is 11.4 Å². The van der Waals surface area contributed by atoms with Crippen molar-refractivity contribution in [1.82, 2.24) is 0 Å². The average Bonchev–Trinajstić information content (AvgIpc) is 2.32. The van der Waals surface area contributed by atoms with Crippen molar-refractivity contribution < 1.29 is 9.66 Å². The molecule has 5 nitrogen and oxygen atoms in total. The maximum atomic E-state index is 10.8. The van der Waals surface area contributed by atoms with Gasteiger partial charge in [-0.05, 0) is 30.7 Å². The summed E-state index contributed by atoms with van der Waals surface area (Å²) in [5, 5.41) is 14.1. The predicted octanol–water partition coefficient (Wildman–Crippen LogP) is 3.45. The van der Waals surface area contributed by atoms with E-state index in [1.807, 2.05) is 0 Å². The molecule has 1 aromatic rings. The van der Waals surface area contributed by atoms with E-state index in [4.69, 9.17) is 4.74 Å². The topological polar surface area (TPSA) is 64.4 Å². The molecule has 1 aliphatic rings. The number of anilines is 1. The number of nitro benzene ring substituents is 1. The zero-order chi connectivity index (χ0) is 14.0. The van der Waals surface area contributed by atoms with E-state index in [0.29, 0.717) is 23.4 Å². The second kappa shape index (κ2) is 5.47. The number of nitro groups is 1. The smallest absolute Gasteiger partial charge is 0.271 e. The van der Waals surface area contributed by atoms with Crippen LogP contribution in [0, 0.1) is 22.0 Å². The first-order valence-corrected chi connectivity index (χ1v) is 6.60. The number of hydrogen-bond acceptors (Lipinski definition) is 4. The molecule has 0 aliphatic heterocycles. The van der Waals surface area contributed by atoms with Crippen LogP contribution in [0.15, 0.2) is 18.2 Å². The molecule has 0 amide bonds. The van der Waals surface area contributed by atoms with Crippen LogP contribution in [-0.2, 0) is 0 Å². The largest absolute Gasteiger partial charge is 0.495 e. The van der Waals surface area contributed by atoms with Gasteiger partial charge in [0.15, 0.2) is 0 Å². The predicted molar refractivity (Wildman–Crippen MR) is 74.6 cm³/mol. The molecular weight excluding hydrogens is 244 g/mol. The van der Waals surface area contributed by atoms with Gasteiger partial charge in [-0.2, -0.15) is 0 Å². The summed E-state index contributed by atoms with van der Waals surface area (Å²) in [7, 11) is 1.57. The molecule has 0 atom stereocenters. The summed E-state index contributed by atoms with van der Waals surface area (Å²) in [5.41, 5.74) is 0.798. The van der Waals surface area contributed by atoms with E-state index in [2.05, 4.69) is 19.2 Å². The summed E-state index contributed by atoms with van der Waals surface area (Å²) < 4.78 is 5.24. The van der Waals surface area contributed by atoms with Gasteiger partial charge in [-0.15, -0.1) is 0 Å². The molecule has 1 aliphatic carbocycles. The fourth-order valence-corrected chi connectivity index (χ4v) is 2.47. The minimum absolute atomic E-state index is 0.0861. The van der Waals surface area contributed by atoms with Crippen LogP contribution < -0.4 is 10.1 Å². The molecule has 1 saturated carbocycles. The maximum absolute atomic E-state index is 10.8. The number of rotatable bonds is 5. The van der Waals surface area contributed by atoms with Crippen LogP contribution in [0.3, 0.4) is 0 Å². The summed E-state index contributed by atoms with van der Waals surface area (Å²) in [6, 6.07) is 5.03. The van der Waals surface area contributed by atoms with Crippen LogP contribution in [0.4, 0.5) is 11.4 Å². The summed E-state index contributed by atoms with van der Waals surface area (Å²) >= 11 is 0. The first kappa shape index (κ1) is 13.6. The number of non-ortho nitro benzene ring substituents is 1. The Morgan fingerprint density at radius 2 is 2.11 bits per heavy atom. The van der Waals surface area contributed by atoms with Crippen molar-refractivity contribution in [2.24, 2.45) is 11.8 Å². The molecule has 0 spiro atoms. The molecule has 0 heterocycles. The monoisotopic (exact) mass is 264 g/mol. The third kappa shape index (κ3) is 2.97. The SMILES string of the molecule is COc1ccc([N+](=O)[O-])cc1NC1CC(C(C)C)C1. The summed E-state index contributed by atoms with van der Waals surface area (Å²) in [4.78, 5) is 10.4. The fraction of sp³-hybridized carbons (Fsp3) is 0.571. The lowest BCUT2D eigenvalue weighted by molar-refractivity contribution is -0.384. The van der Waals surface area contributed by atoms with Crippen LogP contribution in [0.1, 0.15) is 26.7 Å². The molecule has 0 bridgehead atoms. The molecule has 19 heavy (non-hydrogen) atoms. The quantitative estimate of drug-likeness (QED) is 0.653. The van der Waals surface area contributed by atoms with Crippen LogP contribution in [-0.4, -0.2) is 18.1 Å². The number of ether oxygens (including phenoxy) is 1. The zero-order valence-corrected chi connectivity index (χ0v) is 11.6. The fourth-order valence-electron chi connectivity index (χ4n) is 2.47. The lowest BCUT2D eigenvalue weighted by Gasteiger charge is -2.39. The molecule has 1 aromatic carbocycles. The van der Waals surface area contributed by atoms with Gasteiger partial charge < -0.3 is 10.1 Å². The summed E-state index contributed by atoms with van der Waals surface area (Å²) in [6.45, 7) is 4.46. The average molecular weight is 264 g/mol. The van der Waals surface area contributed by atoms with E-state index < -0.39 is 0 Å². The number of nitrogens with zero attached hydrogens (tertiary/aromatic N) is 1. The Hall–Kier alpha value is -1.78. The third-order valence-electron chi connectivity index (χ3n) is 3.87. The van der Waals surface area contributed by atoms with Crippen LogP contribution in [0.25, 0.3) is 0 Å². The highest BCUT2D eigenvalue weighted by Gasteiger charge is 2.31. The van der Waals surface area contributed by atoms with E-state index in [1.54, 1.807) is 19.2 Å². The molecule has 0 unspecified atom stereocenters. The Kier molecular flexibility index (Phi) is 3.93. The standard InChI is InChI=1S/C14H20N2O3/c1-9(2)10-6-11(7-10)15-13-8-12(16(17)18)4-5-14(13)19-3/h4-5,8-11,15H,6-7H2,1-3H3. The van der Waals surface area contributed by atoms with Gasteiger partial charge in [0.2, 0.25) is 0 Å². The van der Waals surface area contributed by atoms with Crippen LogP contribution >= 0.6 is 0 Å². The highest BCUT2D eigenvalue weighted by molar-refractivity contribution is 5.62. The minimum Gasteiger partial charge on any atom is -0.495 e. The van der Waals surface area contributed by atoms with Crippen molar-refractivity contribution in [2.75, 3.05) is 12.4 Å². The number of benzene rings is 1. The first-order chi connectivity index (χ1) is 9.01. The molecule has 0 aromatic heterocycles. The summed E-state index contributed by atoms with van der Waals surface area (Å²) in [6.07, 6.45) is 2.23. The lowest BCUT2D eigenvalue weighted by Crippen LogP contribution is -2.37. The lowest BCUT2D eigenvalue weighted by atomic mass is 9.73. The number of hydrogen-bond donors (Lipinski definition) is 1. The van der Waals surface area contributed by atoms with E-state index in [0.717, 1.165) is 18.8 Å². The van der Waals surface area contributed by atoms with E-state index in [1.165, 1.54) is 6.07 Å². The molecule has 0 radical (unpaired) electrons. The third-order valence-corrected chi connectivity index (χ3v) is 3.87. The molecular formula is C14H20N2O3. The zero-order valence-electron chi connectivity index (χ0n) is 11.6. The Bertz CT molecular complexity index is 468. The van der Waals surface area contributed by atoms with Crippen molar-refractivity contribution in [3.05, 3.63) is 28.3 Å². The van der Waals surface area contributed by atoms with E-state index in [9.17, 15) is 10.1 Å². The number of methoxy groups -OCH3 is 1. The van der Waals surface area contributed by atoms with E-state index >= 15 is 0 Å². The van der Waals surface area contributed by atoms with Gasteiger partial charge in [-0.25, -0.2) is 0 Å². The highest BCUT2D eigenvalue weighted by atomic mass is 16.6. The van der Waals surface area contributed by atoms with Gasteiger partial charge in [-0.1, -0.05) is 13.8 Å². The van der Waals surface area contributed by atoms with E-state index in [-0.39, 0.29) is 10.6 Å². The molecule has 2 rings (SSSR count). The molecule has 104 valence electrons. The Balaban J connectivity index is 2.07. The molecule has 1 fully saturated rings. The van der Waals surface area contributed by atoms with Crippen molar-refractivity contribution in [2.45, 2.75) is 32.7 Å². The second-order valence-electron chi connectivity index (χ2n) is 5.46. The normalized spacial score (nSPS) is 21.9. The first-order valence-electron chi connectivity index (χ1n) is 6.60. The van der Waals surface area contributed by atoms with Gasteiger partial charge in [0.1, 0.15) is 5.75 Å². The Labute approximate surface area is 113 Å². The van der Waals surface area contributed by atoms with Gasteiger partial charge in [-0.3, -0.25) is 10.1 Å². The van der Waals surface area contributed by atoms with Gasteiger partial charge in [0.25, 0.3) is 5.69 Å². The molecule has 5 heteroatoms. The van der Waals surface area contributed by atoms with Gasteiger partial charge in [0, 0.05) is 18.2 Å². The van der Waals surface area contributed by atoms with Gasteiger partial charge in [0.05, 0.1) is 17.7 Å².